The minimum Gasteiger partial charge on any atom is -0.292 e. The fraction of sp³-hybridized carbons (Fsp3) is 0.600. The second-order valence-corrected chi connectivity index (χ2v) is 7.20. The number of alkyl halides is 3. The summed E-state index contributed by atoms with van der Waals surface area (Å²) >= 11 is 0. The number of ketones is 1. The van der Waals surface area contributed by atoms with Gasteiger partial charge in [-0.2, -0.15) is 13.2 Å². The third kappa shape index (κ3) is 8.59. The SMILES string of the molecule is C/C=C(\C=C(\F)C(C)=O)C(/C)=C/C(=NC(C)CC(C)(C)CC)C(F)(F)F. The zero-order chi connectivity index (χ0) is 20.7. The number of Topliss-reactive ketones (excluding diaryl/α,β-unsaturated/α-hetero) is 1. The topological polar surface area (TPSA) is 29.4 Å². The van der Waals surface area contributed by atoms with Gasteiger partial charge in [-0.3, -0.25) is 9.79 Å². The Kier molecular flexibility index (Phi) is 9.18. The maximum absolute atomic E-state index is 13.5. The average Bonchev–Trinajstić information content (AvgIpc) is 2.49. The molecule has 6 heteroatoms. The molecule has 0 fully saturated rings. The third-order valence-corrected chi connectivity index (χ3v) is 4.19. The van der Waals surface area contributed by atoms with Gasteiger partial charge in [0.1, 0.15) is 5.71 Å². The highest BCUT2D eigenvalue weighted by molar-refractivity contribution is 6.00. The van der Waals surface area contributed by atoms with Gasteiger partial charge in [-0.1, -0.05) is 33.3 Å². The molecule has 0 aromatic carbocycles. The fourth-order valence-electron chi connectivity index (χ4n) is 2.37. The second-order valence-electron chi connectivity index (χ2n) is 7.20. The van der Waals surface area contributed by atoms with Crippen molar-refractivity contribution in [2.24, 2.45) is 10.4 Å². The van der Waals surface area contributed by atoms with Gasteiger partial charge < -0.3 is 0 Å². The maximum atomic E-state index is 13.5. The van der Waals surface area contributed by atoms with Crippen LogP contribution >= 0.6 is 0 Å². The van der Waals surface area contributed by atoms with Gasteiger partial charge >= 0.3 is 6.18 Å². The molecule has 0 radical (unpaired) electrons. The van der Waals surface area contributed by atoms with E-state index in [2.05, 4.69) is 4.99 Å². The number of allylic oxidation sites excluding steroid dienone is 6. The van der Waals surface area contributed by atoms with Crippen LogP contribution in [0.25, 0.3) is 0 Å². The molecule has 0 saturated carbocycles. The molecule has 0 aliphatic heterocycles. The predicted molar refractivity (Wildman–Crippen MR) is 99.0 cm³/mol. The highest BCUT2D eigenvalue weighted by Gasteiger charge is 2.35. The summed E-state index contributed by atoms with van der Waals surface area (Å²) in [6.45, 7) is 11.7. The van der Waals surface area contributed by atoms with Crippen LogP contribution in [0.2, 0.25) is 0 Å². The molecule has 1 atom stereocenters. The van der Waals surface area contributed by atoms with E-state index in [4.69, 9.17) is 0 Å². The number of carbonyl (C=O) groups excluding carboxylic acids is 1. The molecule has 0 spiro atoms. The summed E-state index contributed by atoms with van der Waals surface area (Å²) in [5, 5.41) is 0. The normalized spacial score (nSPS) is 16.7. The molecular formula is C20H29F4NO. The van der Waals surface area contributed by atoms with Gasteiger partial charge in [0.25, 0.3) is 0 Å². The largest absolute Gasteiger partial charge is 0.432 e. The minimum atomic E-state index is -4.62. The number of rotatable bonds is 8. The lowest BCUT2D eigenvalue weighted by Crippen LogP contribution is -2.25. The van der Waals surface area contributed by atoms with E-state index >= 15 is 0 Å². The fourth-order valence-corrected chi connectivity index (χ4v) is 2.37. The Morgan fingerprint density at radius 2 is 1.69 bits per heavy atom. The molecule has 0 aliphatic rings. The number of carbonyl (C=O) groups is 1. The van der Waals surface area contributed by atoms with Crippen LogP contribution in [-0.4, -0.2) is 23.7 Å². The summed E-state index contributed by atoms with van der Waals surface area (Å²) < 4.78 is 53.6. The first-order valence-electron chi connectivity index (χ1n) is 8.61. The van der Waals surface area contributed by atoms with E-state index < -0.39 is 29.5 Å². The lowest BCUT2D eigenvalue weighted by molar-refractivity contribution is -0.114. The summed E-state index contributed by atoms with van der Waals surface area (Å²) in [7, 11) is 0. The van der Waals surface area contributed by atoms with Gasteiger partial charge in [-0.25, -0.2) is 4.39 Å². The quantitative estimate of drug-likeness (QED) is 0.205. The van der Waals surface area contributed by atoms with E-state index in [9.17, 15) is 22.4 Å². The van der Waals surface area contributed by atoms with Crippen LogP contribution in [0.1, 0.15) is 61.3 Å². The van der Waals surface area contributed by atoms with Crippen molar-refractivity contribution in [2.45, 2.75) is 73.5 Å². The van der Waals surface area contributed by atoms with Crippen molar-refractivity contribution in [1.82, 2.24) is 0 Å². The van der Waals surface area contributed by atoms with Crippen molar-refractivity contribution in [2.75, 3.05) is 0 Å². The summed E-state index contributed by atoms with van der Waals surface area (Å²) in [5.41, 5.74) is -0.733. The Labute approximate surface area is 153 Å². The van der Waals surface area contributed by atoms with Crippen LogP contribution in [0.15, 0.2) is 40.2 Å². The molecule has 0 aromatic heterocycles. The van der Waals surface area contributed by atoms with Gasteiger partial charge in [-0.15, -0.1) is 0 Å². The number of hydrogen-bond acceptors (Lipinski definition) is 2. The van der Waals surface area contributed by atoms with Crippen LogP contribution in [0.3, 0.4) is 0 Å². The standard InChI is InChI=1S/C20H29F4NO/c1-8-16(11-17(21)15(5)26)13(3)10-18(20(22,23)24)25-14(4)12-19(6,7)9-2/h8,10-11,14H,9,12H2,1-7H3/b13-10+,16-8+,17-11+,25-18?. The van der Waals surface area contributed by atoms with Crippen molar-refractivity contribution in [3.63, 3.8) is 0 Å². The lowest BCUT2D eigenvalue weighted by atomic mass is 9.84. The van der Waals surface area contributed by atoms with Gasteiger partial charge in [0.05, 0.1) is 0 Å². The number of hydrogen-bond donors (Lipinski definition) is 0. The Morgan fingerprint density at radius 1 is 1.15 bits per heavy atom. The summed E-state index contributed by atoms with van der Waals surface area (Å²) in [5.74, 6) is -1.79. The first kappa shape index (κ1) is 24.3. The van der Waals surface area contributed by atoms with Crippen molar-refractivity contribution < 1.29 is 22.4 Å². The highest BCUT2D eigenvalue weighted by Crippen LogP contribution is 2.29. The Bertz CT molecular complexity index is 622. The van der Waals surface area contributed by atoms with Crippen LogP contribution in [-0.2, 0) is 4.79 Å². The Balaban J connectivity index is 5.83. The number of aliphatic imine (C=N–C) groups is 1. The van der Waals surface area contributed by atoms with Crippen LogP contribution in [0, 0.1) is 5.41 Å². The molecule has 0 amide bonds. The third-order valence-electron chi connectivity index (χ3n) is 4.19. The molecular weight excluding hydrogens is 346 g/mol. The van der Waals surface area contributed by atoms with Crippen molar-refractivity contribution in [1.29, 1.82) is 0 Å². The molecule has 0 aromatic rings. The number of nitrogens with zero attached hydrogens (tertiary/aromatic N) is 1. The van der Waals surface area contributed by atoms with Gasteiger partial charge in [0.15, 0.2) is 11.6 Å². The van der Waals surface area contributed by atoms with E-state index in [0.717, 1.165) is 25.5 Å². The zero-order valence-corrected chi connectivity index (χ0v) is 16.6. The van der Waals surface area contributed by atoms with E-state index in [1.54, 1.807) is 13.8 Å². The molecule has 0 aliphatic carbocycles. The van der Waals surface area contributed by atoms with Gasteiger partial charge in [-0.05, 0) is 55.9 Å². The summed E-state index contributed by atoms with van der Waals surface area (Å²) in [6.07, 6.45) is 0.0201. The number of halogens is 4. The monoisotopic (exact) mass is 375 g/mol. The summed E-state index contributed by atoms with van der Waals surface area (Å²) in [4.78, 5) is 14.9. The van der Waals surface area contributed by atoms with Crippen LogP contribution < -0.4 is 0 Å². The molecule has 0 heterocycles. The van der Waals surface area contributed by atoms with Crippen LogP contribution in [0.4, 0.5) is 17.6 Å². The first-order valence-corrected chi connectivity index (χ1v) is 8.61. The van der Waals surface area contributed by atoms with E-state index in [1.807, 2.05) is 20.8 Å². The van der Waals surface area contributed by atoms with Crippen LogP contribution in [0.5, 0.6) is 0 Å². The molecule has 2 nitrogen and oxygen atoms in total. The minimum absolute atomic E-state index is 0.111. The van der Waals surface area contributed by atoms with Crippen molar-refractivity contribution in [3.05, 3.63) is 35.2 Å². The predicted octanol–water partition coefficient (Wildman–Crippen LogP) is 6.54. The molecule has 26 heavy (non-hydrogen) atoms. The maximum Gasteiger partial charge on any atom is 0.432 e. The zero-order valence-electron chi connectivity index (χ0n) is 16.6. The summed E-state index contributed by atoms with van der Waals surface area (Å²) in [6, 6.07) is -0.510. The average molecular weight is 375 g/mol. The highest BCUT2D eigenvalue weighted by atomic mass is 19.4. The molecule has 0 N–H and O–H groups in total. The molecule has 1 unspecified atom stereocenters. The molecule has 148 valence electrons. The first-order chi connectivity index (χ1) is 11.7. The molecule has 0 bridgehead atoms. The smallest absolute Gasteiger partial charge is 0.292 e. The van der Waals surface area contributed by atoms with E-state index in [0.29, 0.717) is 6.42 Å². The van der Waals surface area contributed by atoms with Gasteiger partial charge in [0, 0.05) is 13.0 Å². The van der Waals surface area contributed by atoms with E-state index in [-0.39, 0.29) is 16.6 Å². The van der Waals surface area contributed by atoms with Gasteiger partial charge in [0.2, 0.25) is 0 Å². The molecule has 0 rings (SSSR count). The van der Waals surface area contributed by atoms with E-state index in [1.165, 1.54) is 13.0 Å². The Morgan fingerprint density at radius 3 is 2.08 bits per heavy atom. The Hall–Kier alpha value is -1.72. The second kappa shape index (κ2) is 9.83. The van der Waals surface area contributed by atoms with Crippen molar-refractivity contribution in [3.8, 4) is 0 Å². The lowest BCUT2D eigenvalue weighted by Gasteiger charge is -2.25. The molecule has 0 saturated heterocycles. The van der Waals surface area contributed by atoms with Crippen molar-refractivity contribution >= 4 is 11.5 Å².